The molecule has 3 rings (SSSR count). The van der Waals surface area contributed by atoms with E-state index in [-0.39, 0.29) is 18.1 Å². The molecule has 6 nitrogen and oxygen atoms in total. The van der Waals surface area contributed by atoms with Crippen LogP contribution in [0.5, 0.6) is 0 Å². The third-order valence-electron chi connectivity index (χ3n) is 5.02. The Morgan fingerprint density at radius 3 is 3.21 bits per heavy atom. The highest BCUT2D eigenvalue weighted by atomic mass is 16.5. The van der Waals surface area contributed by atoms with Crippen LogP contribution in [0.1, 0.15) is 25.0 Å². The average Bonchev–Trinajstić information content (AvgIpc) is 2.98. The molecule has 1 aromatic heterocycles. The number of carbonyl (C=O) groups excluding carboxylic acids is 1. The zero-order valence-corrected chi connectivity index (χ0v) is 14.3. The molecule has 1 aliphatic carbocycles. The Labute approximate surface area is 143 Å². The Bertz CT molecular complexity index is 539. The van der Waals surface area contributed by atoms with Gasteiger partial charge in [0.25, 0.3) is 0 Å². The summed E-state index contributed by atoms with van der Waals surface area (Å²) in [5, 5.41) is 0. The fraction of sp³-hybridized carbons (Fsp3) is 0.667. The van der Waals surface area contributed by atoms with Crippen LogP contribution in [-0.2, 0) is 25.6 Å². The fourth-order valence-corrected chi connectivity index (χ4v) is 3.77. The van der Waals surface area contributed by atoms with Crippen molar-refractivity contribution in [2.75, 3.05) is 40.0 Å². The SMILES string of the molecule is COCC(=O)N1CCO[C@]2(CCC[C@@H]2COCc2ccccn2)C1. The maximum absolute atomic E-state index is 12.1. The second kappa shape index (κ2) is 8.05. The molecule has 2 heterocycles. The summed E-state index contributed by atoms with van der Waals surface area (Å²) in [5.41, 5.74) is 0.678. The van der Waals surface area contributed by atoms with Gasteiger partial charge in [-0.25, -0.2) is 0 Å². The molecule has 1 saturated heterocycles. The Morgan fingerprint density at radius 2 is 2.42 bits per heavy atom. The fourth-order valence-electron chi connectivity index (χ4n) is 3.77. The van der Waals surface area contributed by atoms with Crippen LogP contribution in [0, 0.1) is 5.92 Å². The molecule has 0 aromatic carbocycles. The number of nitrogens with zero attached hydrogens (tertiary/aromatic N) is 2. The number of pyridine rings is 1. The number of carbonyl (C=O) groups is 1. The largest absolute Gasteiger partial charge is 0.375 e. The number of amides is 1. The van der Waals surface area contributed by atoms with Gasteiger partial charge in [-0.05, 0) is 25.0 Å². The normalized spacial score (nSPS) is 26.9. The van der Waals surface area contributed by atoms with E-state index >= 15 is 0 Å². The van der Waals surface area contributed by atoms with Crippen LogP contribution in [0.3, 0.4) is 0 Å². The number of aromatic nitrogens is 1. The van der Waals surface area contributed by atoms with E-state index in [2.05, 4.69) is 4.98 Å². The van der Waals surface area contributed by atoms with Crippen molar-refractivity contribution in [3.8, 4) is 0 Å². The number of hydrogen-bond acceptors (Lipinski definition) is 5. The minimum atomic E-state index is -0.258. The number of ether oxygens (including phenoxy) is 3. The molecule has 2 fully saturated rings. The van der Waals surface area contributed by atoms with E-state index in [4.69, 9.17) is 14.2 Å². The zero-order chi connectivity index (χ0) is 16.8. The van der Waals surface area contributed by atoms with Gasteiger partial charge in [-0.2, -0.15) is 0 Å². The van der Waals surface area contributed by atoms with Gasteiger partial charge in [0.15, 0.2) is 0 Å². The highest BCUT2D eigenvalue weighted by Crippen LogP contribution is 2.41. The molecule has 0 unspecified atom stereocenters. The lowest BCUT2D eigenvalue weighted by Gasteiger charge is -2.44. The molecule has 1 aromatic rings. The van der Waals surface area contributed by atoms with Gasteiger partial charge in [0.2, 0.25) is 5.91 Å². The first-order chi connectivity index (χ1) is 11.7. The molecular weight excluding hydrogens is 308 g/mol. The van der Waals surface area contributed by atoms with E-state index in [1.807, 2.05) is 23.1 Å². The van der Waals surface area contributed by atoms with Gasteiger partial charge < -0.3 is 19.1 Å². The van der Waals surface area contributed by atoms with Crippen molar-refractivity contribution in [1.29, 1.82) is 0 Å². The molecular formula is C18H26N2O4. The van der Waals surface area contributed by atoms with E-state index in [0.29, 0.717) is 38.8 Å². The molecule has 0 bridgehead atoms. The van der Waals surface area contributed by atoms with Gasteiger partial charge in [-0.3, -0.25) is 9.78 Å². The maximum atomic E-state index is 12.1. The number of morpholine rings is 1. The average molecular weight is 334 g/mol. The quantitative estimate of drug-likeness (QED) is 0.791. The summed E-state index contributed by atoms with van der Waals surface area (Å²) in [6.45, 7) is 3.17. The van der Waals surface area contributed by atoms with Crippen LogP contribution in [0.4, 0.5) is 0 Å². The molecule has 1 aliphatic heterocycles. The van der Waals surface area contributed by atoms with Gasteiger partial charge in [0.1, 0.15) is 6.61 Å². The Hall–Kier alpha value is -1.50. The molecule has 24 heavy (non-hydrogen) atoms. The van der Waals surface area contributed by atoms with Crippen molar-refractivity contribution in [2.45, 2.75) is 31.5 Å². The third kappa shape index (κ3) is 3.94. The summed E-state index contributed by atoms with van der Waals surface area (Å²) in [6, 6.07) is 5.83. The van der Waals surface area contributed by atoms with Crippen molar-refractivity contribution in [3.63, 3.8) is 0 Å². The molecule has 6 heteroatoms. The van der Waals surface area contributed by atoms with Crippen LogP contribution in [-0.4, -0.2) is 61.4 Å². The van der Waals surface area contributed by atoms with Crippen LogP contribution in [0.25, 0.3) is 0 Å². The summed E-state index contributed by atoms with van der Waals surface area (Å²) in [4.78, 5) is 18.3. The number of rotatable bonds is 6. The number of hydrogen-bond donors (Lipinski definition) is 0. The molecule has 1 saturated carbocycles. The van der Waals surface area contributed by atoms with Crippen molar-refractivity contribution >= 4 is 5.91 Å². The van der Waals surface area contributed by atoms with Gasteiger partial charge in [-0.15, -0.1) is 0 Å². The summed E-state index contributed by atoms with van der Waals surface area (Å²) < 4.78 is 17.1. The first-order valence-electron chi connectivity index (χ1n) is 8.62. The minimum absolute atomic E-state index is 0.0419. The molecule has 0 radical (unpaired) electrons. The van der Waals surface area contributed by atoms with Crippen LogP contribution < -0.4 is 0 Å². The minimum Gasteiger partial charge on any atom is -0.375 e. The van der Waals surface area contributed by atoms with Crippen molar-refractivity contribution < 1.29 is 19.0 Å². The summed E-state index contributed by atoms with van der Waals surface area (Å²) in [7, 11) is 1.55. The van der Waals surface area contributed by atoms with E-state index in [1.54, 1.807) is 13.3 Å². The smallest absolute Gasteiger partial charge is 0.248 e. The van der Waals surface area contributed by atoms with Crippen molar-refractivity contribution in [3.05, 3.63) is 30.1 Å². The highest BCUT2D eigenvalue weighted by molar-refractivity contribution is 5.77. The first kappa shape index (κ1) is 17.3. The standard InChI is InChI=1S/C18H26N2O4/c1-22-13-17(21)20-9-10-24-18(14-20)7-4-5-15(18)11-23-12-16-6-2-3-8-19-16/h2-3,6,8,15H,4-5,7,9-14H2,1H3/t15-,18-/m1/s1. The molecule has 1 spiro atoms. The van der Waals surface area contributed by atoms with Gasteiger partial charge in [-0.1, -0.05) is 12.5 Å². The first-order valence-corrected chi connectivity index (χ1v) is 8.62. The van der Waals surface area contributed by atoms with Crippen LogP contribution in [0.2, 0.25) is 0 Å². The van der Waals surface area contributed by atoms with Gasteiger partial charge in [0.05, 0.1) is 37.7 Å². The zero-order valence-electron chi connectivity index (χ0n) is 14.3. The van der Waals surface area contributed by atoms with Crippen molar-refractivity contribution in [2.24, 2.45) is 5.92 Å². The third-order valence-corrected chi connectivity index (χ3v) is 5.02. The van der Waals surface area contributed by atoms with Crippen LogP contribution >= 0.6 is 0 Å². The molecule has 0 N–H and O–H groups in total. The van der Waals surface area contributed by atoms with Gasteiger partial charge in [0, 0.05) is 25.8 Å². The lowest BCUT2D eigenvalue weighted by atomic mass is 9.89. The number of methoxy groups -OCH3 is 1. The predicted molar refractivity (Wildman–Crippen MR) is 88.4 cm³/mol. The highest BCUT2D eigenvalue weighted by Gasteiger charge is 2.47. The van der Waals surface area contributed by atoms with E-state index in [9.17, 15) is 4.79 Å². The Morgan fingerprint density at radius 1 is 1.50 bits per heavy atom. The summed E-state index contributed by atoms with van der Waals surface area (Å²) >= 11 is 0. The van der Waals surface area contributed by atoms with Crippen molar-refractivity contribution in [1.82, 2.24) is 9.88 Å². The van der Waals surface area contributed by atoms with E-state index in [1.165, 1.54) is 0 Å². The maximum Gasteiger partial charge on any atom is 0.248 e. The molecule has 2 aliphatic rings. The predicted octanol–water partition coefficient (Wildman–Crippen LogP) is 1.64. The molecule has 2 atom stereocenters. The topological polar surface area (TPSA) is 60.9 Å². The van der Waals surface area contributed by atoms with Crippen LogP contribution in [0.15, 0.2) is 24.4 Å². The van der Waals surface area contributed by atoms with E-state index < -0.39 is 0 Å². The summed E-state index contributed by atoms with van der Waals surface area (Å²) in [5.74, 6) is 0.361. The Balaban J connectivity index is 1.56. The summed E-state index contributed by atoms with van der Waals surface area (Å²) in [6.07, 6.45) is 4.96. The lowest BCUT2D eigenvalue weighted by molar-refractivity contribution is -0.165. The monoisotopic (exact) mass is 334 g/mol. The van der Waals surface area contributed by atoms with Gasteiger partial charge >= 0.3 is 0 Å². The van der Waals surface area contributed by atoms with E-state index in [0.717, 1.165) is 25.0 Å². The second-order valence-electron chi connectivity index (χ2n) is 6.59. The molecule has 1 amide bonds. The molecule has 132 valence electrons. The Kier molecular flexibility index (Phi) is 5.81. The second-order valence-corrected chi connectivity index (χ2v) is 6.59. The lowest BCUT2D eigenvalue weighted by Crippen LogP contribution is -2.56.